The second kappa shape index (κ2) is 6.75. The van der Waals surface area contributed by atoms with Gasteiger partial charge in [-0.15, -0.1) is 0 Å². The largest absolute Gasteiger partial charge is 0.373 e. The maximum Gasteiger partial charge on any atom is 0.227 e. The summed E-state index contributed by atoms with van der Waals surface area (Å²) >= 11 is 0. The number of ether oxygens (including phenoxy) is 1. The number of nitrogens with zero attached hydrogens (tertiary/aromatic N) is 3. The predicted octanol–water partition coefficient (Wildman–Crippen LogP) is 2.19. The molecule has 0 radical (unpaired) electrons. The molecule has 0 saturated carbocycles. The quantitative estimate of drug-likeness (QED) is 0.937. The summed E-state index contributed by atoms with van der Waals surface area (Å²) in [5, 5.41) is 2.88. The molecule has 1 amide bonds. The number of fused-ring (bicyclic) bond motifs is 1. The van der Waals surface area contributed by atoms with Gasteiger partial charge in [-0.3, -0.25) is 4.79 Å². The molecule has 1 unspecified atom stereocenters. The average Bonchev–Trinajstić information content (AvgIpc) is 2.55. The zero-order chi connectivity index (χ0) is 16.2. The Kier molecular flexibility index (Phi) is 4.52. The number of benzene rings is 1. The van der Waals surface area contributed by atoms with Gasteiger partial charge < -0.3 is 15.0 Å². The first kappa shape index (κ1) is 15.4. The number of carbonyl (C=O) groups excluding carboxylic acids is 1. The molecule has 1 aliphatic heterocycles. The minimum atomic E-state index is -0.201. The van der Waals surface area contributed by atoms with Crippen LogP contribution in [0.1, 0.15) is 23.7 Å². The number of nitrogens with one attached hydrogen (secondary N) is 1. The standard InChI is InChI=1S/C17H20N4O2/c1-21(2)17-14(10-18-11-19-17)20-16(22)9-15-13-6-4-3-5-12(13)7-8-23-15/h3-6,10-11,15H,7-9H2,1-2H3,(H,20,22). The Balaban J connectivity index is 1.72. The third kappa shape index (κ3) is 3.48. The summed E-state index contributed by atoms with van der Waals surface area (Å²) in [6.45, 7) is 0.645. The number of aromatic nitrogens is 2. The van der Waals surface area contributed by atoms with E-state index in [1.807, 2.05) is 37.2 Å². The van der Waals surface area contributed by atoms with E-state index in [1.54, 1.807) is 6.20 Å². The van der Waals surface area contributed by atoms with Crippen molar-refractivity contribution < 1.29 is 9.53 Å². The van der Waals surface area contributed by atoms with Crippen LogP contribution in [0, 0.1) is 0 Å². The Morgan fingerprint density at radius 3 is 3.04 bits per heavy atom. The number of amides is 1. The van der Waals surface area contributed by atoms with Gasteiger partial charge in [0, 0.05) is 14.1 Å². The van der Waals surface area contributed by atoms with Crippen LogP contribution in [0.2, 0.25) is 0 Å². The molecule has 0 aliphatic carbocycles. The van der Waals surface area contributed by atoms with Gasteiger partial charge in [0.2, 0.25) is 5.91 Å². The van der Waals surface area contributed by atoms with Crippen molar-refractivity contribution in [3.05, 3.63) is 47.9 Å². The van der Waals surface area contributed by atoms with Crippen LogP contribution in [-0.2, 0) is 16.0 Å². The highest BCUT2D eigenvalue weighted by molar-refractivity contribution is 5.93. The average molecular weight is 312 g/mol. The SMILES string of the molecule is CN(C)c1ncncc1NC(=O)CC1OCCc2ccccc21. The molecular formula is C17H20N4O2. The number of rotatable bonds is 4. The lowest BCUT2D eigenvalue weighted by Gasteiger charge is -2.25. The monoisotopic (exact) mass is 312 g/mol. The summed E-state index contributed by atoms with van der Waals surface area (Å²) in [5.74, 6) is 0.572. The van der Waals surface area contributed by atoms with Gasteiger partial charge in [-0.1, -0.05) is 24.3 Å². The minimum Gasteiger partial charge on any atom is -0.373 e. The second-order valence-corrected chi connectivity index (χ2v) is 5.71. The third-order valence-electron chi connectivity index (χ3n) is 3.85. The molecule has 6 nitrogen and oxygen atoms in total. The molecule has 1 atom stereocenters. The molecule has 1 aromatic heterocycles. The normalized spacial score (nSPS) is 16.5. The fourth-order valence-corrected chi connectivity index (χ4v) is 2.78. The maximum atomic E-state index is 12.4. The number of hydrogen-bond donors (Lipinski definition) is 1. The van der Waals surface area contributed by atoms with Crippen molar-refractivity contribution in [3.8, 4) is 0 Å². The van der Waals surface area contributed by atoms with Gasteiger partial charge in [-0.2, -0.15) is 0 Å². The van der Waals surface area contributed by atoms with Crippen LogP contribution in [0.5, 0.6) is 0 Å². The van der Waals surface area contributed by atoms with Crippen LogP contribution in [-0.4, -0.2) is 36.6 Å². The molecule has 23 heavy (non-hydrogen) atoms. The second-order valence-electron chi connectivity index (χ2n) is 5.71. The van der Waals surface area contributed by atoms with E-state index >= 15 is 0 Å². The van der Waals surface area contributed by atoms with E-state index < -0.39 is 0 Å². The highest BCUT2D eigenvalue weighted by Crippen LogP contribution is 2.30. The lowest BCUT2D eigenvalue weighted by molar-refractivity contribution is -0.119. The van der Waals surface area contributed by atoms with E-state index in [2.05, 4.69) is 21.4 Å². The van der Waals surface area contributed by atoms with E-state index in [4.69, 9.17) is 4.74 Å². The lowest BCUT2D eigenvalue weighted by Crippen LogP contribution is -2.23. The first-order chi connectivity index (χ1) is 11.1. The Morgan fingerprint density at radius 1 is 1.39 bits per heavy atom. The van der Waals surface area contributed by atoms with Crippen molar-refractivity contribution in [2.75, 3.05) is 30.9 Å². The van der Waals surface area contributed by atoms with Gasteiger partial charge in [0.15, 0.2) is 5.82 Å². The van der Waals surface area contributed by atoms with E-state index in [0.717, 1.165) is 12.0 Å². The van der Waals surface area contributed by atoms with Crippen molar-refractivity contribution >= 4 is 17.4 Å². The van der Waals surface area contributed by atoms with Crippen molar-refractivity contribution in [3.63, 3.8) is 0 Å². The fraction of sp³-hybridized carbons (Fsp3) is 0.353. The molecule has 0 fully saturated rings. The Morgan fingerprint density at radius 2 is 2.22 bits per heavy atom. The van der Waals surface area contributed by atoms with Crippen molar-refractivity contribution in [2.24, 2.45) is 0 Å². The third-order valence-corrected chi connectivity index (χ3v) is 3.85. The van der Waals surface area contributed by atoms with Gasteiger partial charge in [0.25, 0.3) is 0 Å². The summed E-state index contributed by atoms with van der Waals surface area (Å²) in [4.78, 5) is 22.4. The number of hydrogen-bond acceptors (Lipinski definition) is 5. The number of carbonyl (C=O) groups is 1. The molecule has 6 heteroatoms. The first-order valence-electron chi connectivity index (χ1n) is 7.61. The smallest absolute Gasteiger partial charge is 0.227 e. The summed E-state index contributed by atoms with van der Waals surface area (Å²) < 4.78 is 5.79. The van der Waals surface area contributed by atoms with Crippen LogP contribution >= 0.6 is 0 Å². The van der Waals surface area contributed by atoms with E-state index in [9.17, 15) is 4.79 Å². The van der Waals surface area contributed by atoms with Crippen LogP contribution in [0.3, 0.4) is 0 Å². The highest BCUT2D eigenvalue weighted by Gasteiger charge is 2.23. The van der Waals surface area contributed by atoms with Crippen LogP contribution < -0.4 is 10.2 Å². The zero-order valence-corrected chi connectivity index (χ0v) is 13.3. The van der Waals surface area contributed by atoms with Crippen molar-refractivity contribution in [1.82, 2.24) is 9.97 Å². The fourth-order valence-electron chi connectivity index (χ4n) is 2.78. The van der Waals surface area contributed by atoms with Gasteiger partial charge in [-0.05, 0) is 17.5 Å². The minimum absolute atomic E-state index is 0.107. The summed E-state index contributed by atoms with van der Waals surface area (Å²) in [7, 11) is 3.75. The van der Waals surface area contributed by atoms with E-state index in [0.29, 0.717) is 18.1 Å². The molecule has 1 aliphatic rings. The molecule has 0 spiro atoms. The summed E-state index contributed by atoms with van der Waals surface area (Å²) in [6, 6.07) is 8.13. The van der Waals surface area contributed by atoms with Crippen molar-refractivity contribution in [1.29, 1.82) is 0 Å². The molecule has 0 saturated heterocycles. The molecule has 2 aromatic rings. The van der Waals surface area contributed by atoms with E-state index in [1.165, 1.54) is 11.9 Å². The molecule has 3 rings (SSSR count). The van der Waals surface area contributed by atoms with Gasteiger partial charge in [0.1, 0.15) is 12.0 Å². The Hall–Kier alpha value is -2.47. The summed E-state index contributed by atoms with van der Waals surface area (Å²) in [6.07, 6.45) is 4.04. The van der Waals surface area contributed by atoms with Crippen molar-refractivity contribution in [2.45, 2.75) is 18.9 Å². The molecule has 120 valence electrons. The van der Waals surface area contributed by atoms with E-state index in [-0.39, 0.29) is 18.4 Å². The molecular weight excluding hydrogens is 292 g/mol. The maximum absolute atomic E-state index is 12.4. The molecule has 1 N–H and O–H groups in total. The zero-order valence-electron chi connectivity index (χ0n) is 13.3. The Bertz CT molecular complexity index is 702. The topological polar surface area (TPSA) is 67.4 Å². The Labute approximate surface area is 135 Å². The van der Waals surface area contributed by atoms with Gasteiger partial charge in [0.05, 0.1) is 25.3 Å². The van der Waals surface area contributed by atoms with Gasteiger partial charge >= 0.3 is 0 Å². The first-order valence-corrected chi connectivity index (χ1v) is 7.61. The van der Waals surface area contributed by atoms with Crippen LogP contribution in [0.25, 0.3) is 0 Å². The number of anilines is 2. The lowest BCUT2D eigenvalue weighted by atomic mass is 9.95. The highest BCUT2D eigenvalue weighted by atomic mass is 16.5. The molecule has 0 bridgehead atoms. The van der Waals surface area contributed by atoms with Crippen LogP contribution in [0.15, 0.2) is 36.8 Å². The molecule has 2 heterocycles. The van der Waals surface area contributed by atoms with Gasteiger partial charge in [-0.25, -0.2) is 9.97 Å². The summed E-state index contributed by atoms with van der Waals surface area (Å²) in [5.41, 5.74) is 2.96. The van der Waals surface area contributed by atoms with Crippen LogP contribution in [0.4, 0.5) is 11.5 Å². The predicted molar refractivity (Wildman–Crippen MR) is 88.4 cm³/mol. The molecule has 1 aromatic carbocycles.